The van der Waals surface area contributed by atoms with Gasteiger partial charge in [-0.25, -0.2) is 9.37 Å². The number of morpholine rings is 1. The van der Waals surface area contributed by atoms with Crippen LogP contribution in [0.1, 0.15) is 11.1 Å². The molecule has 4 rings (SSSR count). The fraction of sp³-hybridized carbons (Fsp3) is 0.316. The Kier molecular flexibility index (Phi) is 4.27. The van der Waals surface area contributed by atoms with Gasteiger partial charge in [0.15, 0.2) is 0 Å². The van der Waals surface area contributed by atoms with Crippen LogP contribution in [0.3, 0.4) is 0 Å². The molecule has 2 aliphatic heterocycles. The maximum absolute atomic E-state index is 13.1. The smallest absolute Gasteiger partial charge is 0.249 e. The molecular formula is C19H17FN4O2. The first-order valence-corrected chi connectivity index (χ1v) is 8.40. The summed E-state index contributed by atoms with van der Waals surface area (Å²) in [6.07, 6.45) is 1.45. The van der Waals surface area contributed by atoms with Gasteiger partial charge >= 0.3 is 0 Å². The molecule has 2 atom stereocenters. The zero-order chi connectivity index (χ0) is 18.1. The summed E-state index contributed by atoms with van der Waals surface area (Å²) < 4.78 is 18.8. The van der Waals surface area contributed by atoms with E-state index in [1.807, 2.05) is 11.0 Å². The molecular weight excluding hydrogens is 335 g/mol. The van der Waals surface area contributed by atoms with Crippen molar-refractivity contribution in [2.45, 2.75) is 18.7 Å². The van der Waals surface area contributed by atoms with E-state index in [1.54, 1.807) is 24.4 Å². The lowest BCUT2D eigenvalue weighted by Crippen LogP contribution is -2.53. The van der Waals surface area contributed by atoms with E-state index >= 15 is 0 Å². The minimum Gasteiger partial charge on any atom is -0.364 e. The fourth-order valence-corrected chi connectivity index (χ4v) is 3.48. The van der Waals surface area contributed by atoms with E-state index in [4.69, 9.17) is 10.00 Å². The van der Waals surface area contributed by atoms with Crippen molar-refractivity contribution in [3.63, 3.8) is 0 Å². The normalized spacial score (nSPS) is 22.2. The predicted octanol–water partition coefficient (Wildman–Crippen LogP) is 1.71. The predicted molar refractivity (Wildman–Crippen MR) is 91.6 cm³/mol. The van der Waals surface area contributed by atoms with Gasteiger partial charge in [0.1, 0.15) is 24.3 Å². The minimum absolute atomic E-state index is 0.0526. The van der Waals surface area contributed by atoms with E-state index in [2.05, 4.69) is 16.0 Å². The van der Waals surface area contributed by atoms with E-state index in [0.29, 0.717) is 25.2 Å². The summed E-state index contributed by atoms with van der Waals surface area (Å²) in [6.45, 7) is 1.72. The van der Waals surface area contributed by atoms with Gasteiger partial charge in [-0.2, -0.15) is 5.26 Å². The first kappa shape index (κ1) is 16.5. The van der Waals surface area contributed by atoms with Crippen LogP contribution in [0.15, 0.2) is 42.6 Å². The number of carbonyl (C=O) groups excluding carboxylic acids is 1. The highest BCUT2D eigenvalue weighted by atomic mass is 19.1. The minimum atomic E-state index is -0.293. The van der Waals surface area contributed by atoms with Gasteiger partial charge in [0, 0.05) is 25.8 Å². The van der Waals surface area contributed by atoms with E-state index in [9.17, 15) is 9.18 Å². The molecule has 0 bridgehead atoms. The highest BCUT2D eigenvalue weighted by Gasteiger charge is 2.43. The number of ether oxygens (including phenoxy) is 1. The second-order valence-electron chi connectivity index (χ2n) is 6.49. The number of hydrogen-bond acceptors (Lipinski definition) is 5. The number of pyridine rings is 1. The molecule has 2 aromatic rings. The van der Waals surface area contributed by atoms with Crippen molar-refractivity contribution in [3.8, 4) is 6.07 Å². The lowest BCUT2D eigenvalue weighted by molar-refractivity contribution is -0.153. The molecule has 2 aliphatic rings. The summed E-state index contributed by atoms with van der Waals surface area (Å²) in [4.78, 5) is 20.6. The number of fused-ring (bicyclic) bond motifs is 1. The third kappa shape index (κ3) is 3.11. The number of anilines is 1. The third-order valence-corrected chi connectivity index (χ3v) is 4.85. The second kappa shape index (κ2) is 6.73. The molecule has 0 spiro atoms. The van der Waals surface area contributed by atoms with Crippen molar-refractivity contribution in [3.05, 3.63) is 59.5 Å². The fourth-order valence-electron chi connectivity index (χ4n) is 3.48. The molecule has 1 amide bonds. The number of nitrogens with zero attached hydrogens (tertiary/aromatic N) is 4. The van der Waals surface area contributed by atoms with Crippen LogP contribution in [0, 0.1) is 17.1 Å². The average Bonchev–Trinajstić information content (AvgIpc) is 3.10. The summed E-state index contributed by atoms with van der Waals surface area (Å²) >= 11 is 0. The Morgan fingerprint density at radius 2 is 2.04 bits per heavy atom. The Morgan fingerprint density at radius 1 is 1.23 bits per heavy atom. The number of halogens is 1. The van der Waals surface area contributed by atoms with Crippen molar-refractivity contribution in [1.29, 1.82) is 5.26 Å². The van der Waals surface area contributed by atoms with Gasteiger partial charge in [0.05, 0.1) is 17.7 Å². The lowest BCUT2D eigenvalue weighted by Gasteiger charge is -2.36. The van der Waals surface area contributed by atoms with Crippen LogP contribution in [0.4, 0.5) is 10.2 Å². The molecule has 0 N–H and O–H groups in total. The number of benzene rings is 1. The quantitative estimate of drug-likeness (QED) is 0.841. The SMILES string of the molecule is N#Cc1ccc(N2C[C@@H]3OCC(=O)N(Cc4ccc(F)cc4)[C@@H]3C2)nc1. The summed E-state index contributed by atoms with van der Waals surface area (Å²) in [5, 5.41) is 8.89. The van der Waals surface area contributed by atoms with Crippen LogP contribution in [0.5, 0.6) is 0 Å². The van der Waals surface area contributed by atoms with Gasteiger partial charge in [-0.05, 0) is 29.8 Å². The zero-order valence-corrected chi connectivity index (χ0v) is 14.0. The maximum Gasteiger partial charge on any atom is 0.249 e. The molecule has 132 valence electrons. The first-order valence-electron chi connectivity index (χ1n) is 8.40. The molecule has 3 heterocycles. The number of hydrogen-bond donors (Lipinski definition) is 0. The second-order valence-corrected chi connectivity index (χ2v) is 6.49. The molecule has 0 unspecified atom stereocenters. The van der Waals surface area contributed by atoms with Crippen LogP contribution in [0.25, 0.3) is 0 Å². The number of carbonyl (C=O) groups is 1. The van der Waals surface area contributed by atoms with Gasteiger partial charge in [-0.15, -0.1) is 0 Å². The standard InChI is InChI=1S/C19H17FN4O2/c20-15-4-1-13(2-5-15)9-24-16-10-23(11-17(16)26-12-19(24)25)18-6-3-14(7-21)8-22-18/h1-6,8,16-17H,9-12H2/t16-,17+/m1/s1. The van der Waals surface area contributed by atoms with E-state index in [0.717, 1.165) is 11.4 Å². The Morgan fingerprint density at radius 3 is 2.73 bits per heavy atom. The Bertz CT molecular complexity index is 847. The number of amides is 1. The summed E-state index contributed by atoms with van der Waals surface area (Å²) in [7, 11) is 0. The van der Waals surface area contributed by atoms with Crippen LogP contribution in [0.2, 0.25) is 0 Å². The summed E-state index contributed by atoms with van der Waals surface area (Å²) in [5.74, 6) is 0.403. The van der Waals surface area contributed by atoms with Gasteiger partial charge in [-0.1, -0.05) is 12.1 Å². The van der Waals surface area contributed by atoms with Gasteiger partial charge in [0.2, 0.25) is 5.91 Å². The molecule has 7 heteroatoms. The Labute approximate surface area is 150 Å². The molecule has 6 nitrogen and oxygen atoms in total. The van der Waals surface area contributed by atoms with Crippen molar-refractivity contribution < 1.29 is 13.9 Å². The van der Waals surface area contributed by atoms with E-state index < -0.39 is 0 Å². The highest BCUT2D eigenvalue weighted by molar-refractivity contribution is 5.79. The van der Waals surface area contributed by atoms with Crippen molar-refractivity contribution in [2.24, 2.45) is 0 Å². The van der Waals surface area contributed by atoms with Gasteiger partial charge < -0.3 is 14.5 Å². The number of rotatable bonds is 3. The lowest BCUT2D eigenvalue weighted by atomic mass is 10.1. The highest BCUT2D eigenvalue weighted by Crippen LogP contribution is 2.28. The molecule has 26 heavy (non-hydrogen) atoms. The molecule has 2 fully saturated rings. The molecule has 2 saturated heterocycles. The Balaban J connectivity index is 1.52. The average molecular weight is 352 g/mol. The van der Waals surface area contributed by atoms with E-state index in [1.165, 1.54) is 12.1 Å². The third-order valence-electron chi connectivity index (χ3n) is 4.85. The monoisotopic (exact) mass is 352 g/mol. The van der Waals surface area contributed by atoms with Crippen LogP contribution >= 0.6 is 0 Å². The number of aromatic nitrogens is 1. The zero-order valence-electron chi connectivity index (χ0n) is 14.0. The van der Waals surface area contributed by atoms with Crippen molar-refractivity contribution in [1.82, 2.24) is 9.88 Å². The van der Waals surface area contributed by atoms with Crippen LogP contribution < -0.4 is 4.90 Å². The topological polar surface area (TPSA) is 69.5 Å². The van der Waals surface area contributed by atoms with E-state index in [-0.39, 0.29) is 30.5 Å². The maximum atomic E-state index is 13.1. The van der Waals surface area contributed by atoms with Crippen LogP contribution in [-0.2, 0) is 16.1 Å². The number of nitriles is 1. The largest absolute Gasteiger partial charge is 0.364 e. The summed E-state index contributed by atoms with van der Waals surface area (Å²) in [6, 6.07) is 11.7. The molecule has 0 saturated carbocycles. The molecule has 0 radical (unpaired) electrons. The van der Waals surface area contributed by atoms with Crippen molar-refractivity contribution >= 4 is 11.7 Å². The Hall–Kier alpha value is -2.98. The van der Waals surface area contributed by atoms with Crippen LogP contribution in [-0.4, -0.2) is 47.6 Å². The first-order chi connectivity index (χ1) is 12.6. The van der Waals surface area contributed by atoms with Gasteiger partial charge in [0.25, 0.3) is 0 Å². The molecule has 1 aromatic carbocycles. The molecule has 0 aliphatic carbocycles. The molecule has 1 aromatic heterocycles. The van der Waals surface area contributed by atoms with Crippen molar-refractivity contribution in [2.75, 3.05) is 24.6 Å². The summed E-state index contributed by atoms with van der Waals surface area (Å²) in [5.41, 5.74) is 1.39. The van der Waals surface area contributed by atoms with Gasteiger partial charge in [-0.3, -0.25) is 4.79 Å².